The van der Waals surface area contributed by atoms with E-state index in [1.807, 2.05) is 0 Å². The summed E-state index contributed by atoms with van der Waals surface area (Å²) in [7, 11) is 0. The number of esters is 1. The fraction of sp³-hybridized carbons (Fsp3) is 0.222. The lowest BCUT2D eigenvalue weighted by Crippen LogP contribution is -2.23. The van der Waals surface area contributed by atoms with Crippen LogP contribution in [0.4, 0.5) is 10.1 Å². The Morgan fingerprint density at radius 3 is 2.61 bits per heavy atom. The van der Waals surface area contributed by atoms with Crippen molar-refractivity contribution in [2.75, 3.05) is 11.4 Å². The number of carbonyl (C=O) groups excluding carboxylic acids is 2. The molecule has 0 spiro atoms. The first-order valence-corrected chi connectivity index (χ1v) is 7.45. The van der Waals surface area contributed by atoms with Crippen LogP contribution in [0.15, 0.2) is 48.5 Å². The van der Waals surface area contributed by atoms with E-state index in [1.165, 1.54) is 12.1 Å². The zero-order valence-electron chi connectivity index (χ0n) is 12.5. The molecule has 118 valence electrons. The van der Waals surface area contributed by atoms with Crippen LogP contribution < -0.4 is 4.90 Å². The molecule has 0 bridgehead atoms. The minimum atomic E-state index is -0.478. The Kier molecular flexibility index (Phi) is 4.37. The van der Waals surface area contributed by atoms with Crippen LogP contribution >= 0.6 is 0 Å². The lowest BCUT2D eigenvalue weighted by molar-refractivity contribution is -0.117. The van der Waals surface area contributed by atoms with Crippen LogP contribution in [0.3, 0.4) is 0 Å². The molecule has 1 aliphatic rings. The second-order valence-corrected chi connectivity index (χ2v) is 5.40. The molecule has 4 nitrogen and oxygen atoms in total. The average molecular weight is 313 g/mol. The van der Waals surface area contributed by atoms with Gasteiger partial charge in [-0.15, -0.1) is 0 Å². The van der Waals surface area contributed by atoms with Crippen LogP contribution in [0.25, 0.3) is 0 Å². The maximum Gasteiger partial charge on any atom is 0.338 e. The number of ether oxygens (including phenoxy) is 1. The molecular weight excluding hydrogens is 297 g/mol. The Balaban J connectivity index is 1.62. The molecular formula is C18H16FNO3. The van der Waals surface area contributed by atoms with Gasteiger partial charge in [-0.25, -0.2) is 9.18 Å². The molecule has 1 heterocycles. The first kappa shape index (κ1) is 15.2. The maximum absolute atomic E-state index is 13.1. The molecule has 2 aromatic rings. The van der Waals surface area contributed by atoms with Gasteiger partial charge in [-0.3, -0.25) is 4.79 Å². The Bertz CT molecular complexity index is 727. The van der Waals surface area contributed by atoms with Crippen LogP contribution in [0.5, 0.6) is 0 Å². The lowest BCUT2D eigenvalue weighted by atomic mass is 10.2. The fourth-order valence-electron chi connectivity index (χ4n) is 2.56. The summed E-state index contributed by atoms with van der Waals surface area (Å²) in [5.74, 6) is -0.738. The number of nitrogens with zero attached hydrogens (tertiary/aromatic N) is 1. The van der Waals surface area contributed by atoms with Crippen molar-refractivity contribution in [3.63, 3.8) is 0 Å². The second kappa shape index (κ2) is 6.60. The van der Waals surface area contributed by atoms with Gasteiger partial charge in [-0.1, -0.05) is 12.1 Å². The highest BCUT2D eigenvalue weighted by Crippen LogP contribution is 2.22. The number of rotatable bonds is 4. The van der Waals surface area contributed by atoms with E-state index in [-0.39, 0.29) is 18.3 Å². The van der Waals surface area contributed by atoms with Gasteiger partial charge in [0.2, 0.25) is 5.91 Å². The molecule has 5 heteroatoms. The van der Waals surface area contributed by atoms with Gasteiger partial charge in [0.25, 0.3) is 0 Å². The maximum atomic E-state index is 13.1. The van der Waals surface area contributed by atoms with Crippen LogP contribution in [0, 0.1) is 5.82 Å². The zero-order valence-corrected chi connectivity index (χ0v) is 12.5. The molecule has 0 aliphatic carbocycles. The highest BCUT2D eigenvalue weighted by atomic mass is 19.1. The monoisotopic (exact) mass is 313 g/mol. The number of benzene rings is 2. The average Bonchev–Trinajstić information content (AvgIpc) is 2.99. The van der Waals surface area contributed by atoms with Crippen molar-refractivity contribution in [1.82, 2.24) is 0 Å². The quantitative estimate of drug-likeness (QED) is 0.814. The van der Waals surface area contributed by atoms with Gasteiger partial charge in [0.15, 0.2) is 0 Å². The molecule has 1 aliphatic heterocycles. The van der Waals surface area contributed by atoms with E-state index in [2.05, 4.69) is 0 Å². The summed E-state index contributed by atoms with van der Waals surface area (Å²) in [5.41, 5.74) is 1.78. The van der Waals surface area contributed by atoms with E-state index in [0.717, 1.165) is 12.1 Å². The molecule has 23 heavy (non-hydrogen) atoms. The molecule has 0 aromatic heterocycles. The highest BCUT2D eigenvalue weighted by Gasteiger charge is 2.21. The Morgan fingerprint density at radius 1 is 1.17 bits per heavy atom. The van der Waals surface area contributed by atoms with Gasteiger partial charge in [0.1, 0.15) is 12.4 Å². The van der Waals surface area contributed by atoms with Gasteiger partial charge < -0.3 is 9.64 Å². The fourth-order valence-corrected chi connectivity index (χ4v) is 2.56. The molecule has 1 saturated heterocycles. The number of hydrogen-bond donors (Lipinski definition) is 0. The van der Waals surface area contributed by atoms with Crippen LogP contribution in [0.2, 0.25) is 0 Å². The largest absolute Gasteiger partial charge is 0.457 e. The topological polar surface area (TPSA) is 46.6 Å². The predicted molar refractivity (Wildman–Crippen MR) is 83.5 cm³/mol. The van der Waals surface area contributed by atoms with Gasteiger partial charge in [-0.05, 0) is 48.4 Å². The van der Waals surface area contributed by atoms with E-state index in [1.54, 1.807) is 41.3 Å². The molecule has 1 amide bonds. The Labute approximate surface area is 133 Å². The minimum absolute atomic E-state index is 0.0168. The molecule has 2 aromatic carbocycles. The van der Waals surface area contributed by atoms with E-state index in [0.29, 0.717) is 24.1 Å². The van der Waals surface area contributed by atoms with Gasteiger partial charge in [0.05, 0.1) is 5.56 Å². The summed E-state index contributed by atoms with van der Waals surface area (Å²) >= 11 is 0. The summed E-state index contributed by atoms with van der Waals surface area (Å²) in [4.78, 5) is 25.4. The van der Waals surface area contributed by atoms with E-state index in [9.17, 15) is 14.0 Å². The summed E-state index contributed by atoms with van der Waals surface area (Å²) < 4.78 is 18.2. The zero-order chi connectivity index (χ0) is 16.2. The standard InChI is InChI=1S/C18H16FNO3/c19-15-4-1-3-13(11-15)12-23-18(22)14-6-8-16(9-7-14)20-10-2-5-17(20)21/h1,3-4,6-9,11H,2,5,10,12H2. The predicted octanol–water partition coefficient (Wildman–Crippen LogP) is 3.31. The number of carbonyl (C=O) groups is 2. The summed E-state index contributed by atoms with van der Waals surface area (Å²) in [6.07, 6.45) is 1.42. The SMILES string of the molecule is O=C(OCc1cccc(F)c1)c1ccc(N2CCCC2=O)cc1. The van der Waals surface area contributed by atoms with Crippen LogP contribution in [-0.2, 0) is 16.1 Å². The Hall–Kier alpha value is -2.69. The van der Waals surface area contributed by atoms with Crippen molar-refractivity contribution < 1.29 is 18.7 Å². The van der Waals surface area contributed by atoms with E-state index >= 15 is 0 Å². The van der Waals surface area contributed by atoms with Gasteiger partial charge in [0, 0.05) is 18.7 Å². The third kappa shape index (κ3) is 3.56. The van der Waals surface area contributed by atoms with Crippen molar-refractivity contribution in [3.05, 3.63) is 65.5 Å². The second-order valence-electron chi connectivity index (χ2n) is 5.40. The van der Waals surface area contributed by atoms with Crippen molar-refractivity contribution in [1.29, 1.82) is 0 Å². The molecule has 0 N–H and O–H groups in total. The first-order valence-electron chi connectivity index (χ1n) is 7.45. The third-order valence-electron chi connectivity index (χ3n) is 3.75. The number of hydrogen-bond acceptors (Lipinski definition) is 3. The van der Waals surface area contributed by atoms with Gasteiger partial charge >= 0.3 is 5.97 Å². The molecule has 0 atom stereocenters. The first-order chi connectivity index (χ1) is 11.1. The number of anilines is 1. The smallest absolute Gasteiger partial charge is 0.338 e. The Morgan fingerprint density at radius 2 is 1.96 bits per heavy atom. The number of halogens is 1. The van der Waals surface area contributed by atoms with Gasteiger partial charge in [-0.2, -0.15) is 0 Å². The molecule has 0 radical (unpaired) electrons. The summed E-state index contributed by atoms with van der Waals surface area (Å²) in [6.45, 7) is 0.727. The molecule has 0 saturated carbocycles. The normalized spacial score (nSPS) is 14.1. The van der Waals surface area contributed by atoms with E-state index in [4.69, 9.17) is 4.74 Å². The van der Waals surface area contributed by atoms with Crippen molar-refractivity contribution in [2.24, 2.45) is 0 Å². The van der Waals surface area contributed by atoms with Crippen molar-refractivity contribution in [3.8, 4) is 0 Å². The summed E-state index contributed by atoms with van der Waals surface area (Å²) in [5, 5.41) is 0. The lowest BCUT2D eigenvalue weighted by Gasteiger charge is -2.15. The minimum Gasteiger partial charge on any atom is -0.457 e. The molecule has 3 rings (SSSR count). The van der Waals surface area contributed by atoms with Crippen molar-refractivity contribution >= 4 is 17.6 Å². The summed E-state index contributed by atoms with van der Waals surface area (Å²) in [6, 6.07) is 12.7. The van der Waals surface area contributed by atoms with Crippen LogP contribution in [0.1, 0.15) is 28.8 Å². The molecule has 1 fully saturated rings. The number of amides is 1. The molecule has 0 unspecified atom stereocenters. The van der Waals surface area contributed by atoms with Crippen LogP contribution in [-0.4, -0.2) is 18.4 Å². The highest BCUT2D eigenvalue weighted by molar-refractivity contribution is 5.96. The van der Waals surface area contributed by atoms with Crippen molar-refractivity contribution in [2.45, 2.75) is 19.4 Å². The van der Waals surface area contributed by atoms with E-state index < -0.39 is 5.97 Å². The third-order valence-corrected chi connectivity index (χ3v) is 3.75.